The number of halogens is 3. The third-order valence-electron chi connectivity index (χ3n) is 3.85. The van der Waals surface area contributed by atoms with Gasteiger partial charge in [-0.25, -0.2) is 9.78 Å². The molecule has 9 heteroatoms. The lowest BCUT2D eigenvalue weighted by atomic mass is 10.1. The maximum Gasteiger partial charge on any atom is 0.446 e. The summed E-state index contributed by atoms with van der Waals surface area (Å²) in [5.74, 6) is -1.36. The lowest BCUT2D eigenvalue weighted by Crippen LogP contribution is -2.04. The number of pyridine rings is 1. The molecule has 0 aliphatic carbocycles. The monoisotopic (exact) mass is 403 g/mol. The lowest BCUT2D eigenvalue weighted by molar-refractivity contribution is -0.132. The minimum absolute atomic E-state index is 0.0770. The Morgan fingerprint density at radius 1 is 1.29 bits per heavy atom. The number of fused-ring (bicyclic) bond motifs is 1. The standard InChI is InChI=1S/C19H12F3N3O2S/c20-19(21,22)28-16-6-2-1-4-12(16)10-25-11-14(8-13(9-23)18(26)27)15-5-3-7-24-17(15)25/h1-8,11H,10H2,(H,26,27)/b13-8+. The van der Waals surface area contributed by atoms with E-state index in [9.17, 15) is 18.0 Å². The van der Waals surface area contributed by atoms with Crippen molar-refractivity contribution in [2.45, 2.75) is 16.9 Å². The summed E-state index contributed by atoms with van der Waals surface area (Å²) in [5.41, 5.74) is -3.49. The molecule has 0 aliphatic rings. The van der Waals surface area contributed by atoms with E-state index >= 15 is 0 Å². The van der Waals surface area contributed by atoms with E-state index in [4.69, 9.17) is 10.4 Å². The van der Waals surface area contributed by atoms with Gasteiger partial charge in [0.15, 0.2) is 0 Å². The first kappa shape index (κ1) is 19.5. The normalized spacial score (nSPS) is 12.1. The van der Waals surface area contributed by atoms with Crippen molar-refractivity contribution in [3.05, 3.63) is 65.5 Å². The maximum absolute atomic E-state index is 12.8. The van der Waals surface area contributed by atoms with Gasteiger partial charge >= 0.3 is 11.5 Å². The average Bonchev–Trinajstić information content (AvgIpc) is 2.97. The molecule has 2 aromatic heterocycles. The predicted molar refractivity (Wildman–Crippen MR) is 98.4 cm³/mol. The van der Waals surface area contributed by atoms with Crippen molar-refractivity contribution >= 4 is 34.8 Å². The van der Waals surface area contributed by atoms with E-state index in [1.807, 2.05) is 0 Å². The van der Waals surface area contributed by atoms with Crippen LogP contribution in [0, 0.1) is 11.3 Å². The van der Waals surface area contributed by atoms with Gasteiger partial charge in [0.1, 0.15) is 17.3 Å². The summed E-state index contributed by atoms with van der Waals surface area (Å²) in [6, 6.07) is 11.1. The molecule has 0 unspecified atom stereocenters. The largest absolute Gasteiger partial charge is 0.477 e. The summed E-state index contributed by atoms with van der Waals surface area (Å²) in [5, 5.41) is 18.7. The fraction of sp³-hybridized carbons (Fsp3) is 0.105. The van der Waals surface area contributed by atoms with Gasteiger partial charge in [0.2, 0.25) is 0 Å². The van der Waals surface area contributed by atoms with E-state index < -0.39 is 17.1 Å². The summed E-state index contributed by atoms with van der Waals surface area (Å²) in [6.45, 7) is 0.107. The van der Waals surface area contributed by atoms with Crippen LogP contribution < -0.4 is 0 Å². The Bertz CT molecular complexity index is 1110. The molecule has 0 amide bonds. The predicted octanol–water partition coefficient (Wildman–Crippen LogP) is 4.69. The molecule has 0 saturated heterocycles. The van der Waals surface area contributed by atoms with Crippen molar-refractivity contribution in [3.63, 3.8) is 0 Å². The van der Waals surface area contributed by atoms with Crippen molar-refractivity contribution < 1.29 is 23.1 Å². The van der Waals surface area contributed by atoms with Crippen LogP contribution in [0.25, 0.3) is 17.1 Å². The highest BCUT2D eigenvalue weighted by atomic mass is 32.2. The molecule has 0 aliphatic heterocycles. The Hall–Kier alpha value is -3.25. The van der Waals surface area contributed by atoms with Crippen LogP contribution in [0.15, 0.2) is 59.3 Å². The van der Waals surface area contributed by atoms with Gasteiger partial charge in [0.05, 0.1) is 6.54 Å². The van der Waals surface area contributed by atoms with Gasteiger partial charge in [-0.05, 0) is 41.6 Å². The van der Waals surface area contributed by atoms with E-state index in [2.05, 4.69) is 4.98 Å². The molecular weight excluding hydrogens is 391 g/mol. The molecule has 5 nitrogen and oxygen atoms in total. The molecule has 0 atom stereocenters. The van der Waals surface area contributed by atoms with Gasteiger partial charge in [0.25, 0.3) is 0 Å². The third-order valence-corrected chi connectivity index (χ3v) is 4.70. The topological polar surface area (TPSA) is 78.9 Å². The maximum atomic E-state index is 12.8. The van der Waals surface area contributed by atoms with Gasteiger partial charge in [-0.2, -0.15) is 18.4 Å². The molecule has 0 spiro atoms. The minimum atomic E-state index is -4.41. The Balaban J connectivity index is 2.07. The van der Waals surface area contributed by atoms with Crippen LogP contribution in [0.2, 0.25) is 0 Å². The van der Waals surface area contributed by atoms with Crippen LogP contribution >= 0.6 is 11.8 Å². The zero-order valence-corrected chi connectivity index (χ0v) is 15.0. The number of hydrogen-bond donors (Lipinski definition) is 1. The molecular formula is C19H12F3N3O2S. The Labute approximate surface area is 161 Å². The van der Waals surface area contributed by atoms with Gasteiger partial charge in [-0.15, -0.1) is 0 Å². The van der Waals surface area contributed by atoms with Crippen LogP contribution in [-0.4, -0.2) is 26.1 Å². The van der Waals surface area contributed by atoms with Crippen LogP contribution in [0.1, 0.15) is 11.1 Å². The Kier molecular flexibility index (Phi) is 5.42. The zero-order chi connectivity index (χ0) is 20.3. The van der Waals surface area contributed by atoms with Crippen LogP contribution in [-0.2, 0) is 11.3 Å². The third kappa shape index (κ3) is 4.35. The molecule has 3 rings (SSSR count). The highest BCUT2D eigenvalue weighted by molar-refractivity contribution is 8.00. The second kappa shape index (κ2) is 7.78. The number of carboxylic acids is 1. The van der Waals surface area contributed by atoms with E-state index in [-0.39, 0.29) is 23.2 Å². The summed E-state index contributed by atoms with van der Waals surface area (Å²) in [6.07, 6.45) is 4.33. The van der Waals surface area contributed by atoms with Gasteiger partial charge < -0.3 is 9.67 Å². The Morgan fingerprint density at radius 2 is 2.04 bits per heavy atom. The number of nitrogens with zero attached hydrogens (tertiary/aromatic N) is 3. The summed E-state index contributed by atoms with van der Waals surface area (Å²) in [4.78, 5) is 15.5. The molecule has 1 N–H and O–H groups in total. The summed E-state index contributed by atoms with van der Waals surface area (Å²) in [7, 11) is 0. The number of benzene rings is 1. The quantitative estimate of drug-likeness (QED) is 0.380. The second-order valence-corrected chi connectivity index (χ2v) is 6.82. The summed E-state index contributed by atoms with van der Waals surface area (Å²) >= 11 is -0.189. The van der Waals surface area contributed by atoms with Gasteiger partial charge in [0, 0.05) is 28.2 Å². The molecule has 142 valence electrons. The van der Waals surface area contributed by atoms with Crippen molar-refractivity contribution in [1.82, 2.24) is 9.55 Å². The molecule has 3 aromatic rings. The fourth-order valence-corrected chi connectivity index (χ4v) is 3.38. The highest BCUT2D eigenvalue weighted by Gasteiger charge is 2.30. The number of nitriles is 1. The molecule has 1 aromatic carbocycles. The van der Waals surface area contributed by atoms with Crippen molar-refractivity contribution in [3.8, 4) is 6.07 Å². The van der Waals surface area contributed by atoms with E-state index in [0.29, 0.717) is 22.2 Å². The first-order chi connectivity index (χ1) is 13.3. The van der Waals surface area contributed by atoms with Crippen LogP contribution in [0.4, 0.5) is 13.2 Å². The minimum Gasteiger partial charge on any atom is -0.477 e. The van der Waals surface area contributed by atoms with Gasteiger partial charge in [-0.1, -0.05) is 18.2 Å². The number of aromatic nitrogens is 2. The number of rotatable bonds is 5. The van der Waals surface area contributed by atoms with Crippen LogP contribution in [0.3, 0.4) is 0 Å². The Morgan fingerprint density at radius 3 is 2.71 bits per heavy atom. The molecule has 0 fully saturated rings. The van der Waals surface area contributed by atoms with Crippen LogP contribution in [0.5, 0.6) is 0 Å². The number of aliphatic carboxylic acids is 1. The highest BCUT2D eigenvalue weighted by Crippen LogP contribution is 2.39. The number of hydrogen-bond acceptors (Lipinski definition) is 4. The van der Waals surface area contributed by atoms with E-state index in [1.165, 1.54) is 24.4 Å². The van der Waals surface area contributed by atoms with E-state index in [1.54, 1.807) is 41.1 Å². The first-order valence-corrected chi connectivity index (χ1v) is 8.73. The second-order valence-electron chi connectivity index (χ2n) is 5.72. The number of carbonyl (C=O) groups is 1. The smallest absolute Gasteiger partial charge is 0.446 e. The molecule has 0 bridgehead atoms. The number of carboxylic acid groups (broad SMARTS) is 1. The zero-order valence-electron chi connectivity index (χ0n) is 14.1. The first-order valence-electron chi connectivity index (χ1n) is 7.91. The van der Waals surface area contributed by atoms with Crippen molar-refractivity contribution in [2.24, 2.45) is 0 Å². The molecule has 2 heterocycles. The fourth-order valence-electron chi connectivity index (χ4n) is 2.72. The SMILES string of the molecule is N#C/C(=C\c1cn(Cc2ccccc2SC(F)(F)F)c2ncccc12)C(=O)O. The molecule has 0 radical (unpaired) electrons. The number of thioether (sulfide) groups is 1. The number of alkyl halides is 3. The van der Waals surface area contributed by atoms with E-state index in [0.717, 1.165) is 0 Å². The van der Waals surface area contributed by atoms with Crippen molar-refractivity contribution in [2.75, 3.05) is 0 Å². The average molecular weight is 403 g/mol. The van der Waals surface area contributed by atoms with Gasteiger partial charge in [-0.3, -0.25) is 0 Å². The summed E-state index contributed by atoms with van der Waals surface area (Å²) < 4.78 is 40.1. The van der Waals surface area contributed by atoms with Crippen molar-refractivity contribution in [1.29, 1.82) is 5.26 Å². The lowest BCUT2D eigenvalue weighted by Gasteiger charge is -2.12. The molecule has 0 saturated carbocycles. The molecule has 28 heavy (non-hydrogen) atoms.